The maximum absolute atomic E-state index is 12.8. The molecule has 1 saturated heterocycles. The number of carboxylic acids is 1. The van der Waals surface area contributed by atoms with E-state index >= 15 is 0 Å². The molecule has 0 aliphatic carbocycles. The summed E-state index contributed by atoms with van der Waals surface area (Å²) in [6.07, 6.45) is 3.28. The molecule has 4 heterocycles. The average Bonchev–Trinajstić information content (AvgIpc) is 3.42. The number of hydrogen-bond acceptors (Lipinski definition) is 10. The number of nitrogens with zero attached hydrogens (tertiary/aromatic N) is 3. The fourth-order valence-corrected chi connectivity index (χ4v) is 7.25. The van der Waals surface area contributed by atoms with Gasteiger partial charge in [-0.15, -0.1) is 33.7 Å². The summed E-state index contributed by atoms with van der Waals surface area (Å²) in [6, 6.07) is 2.64. The lowest BCUT2D eigenvalue weighted by Gasteiger charge is -2.49. The number of rotatable bonds is 8. The van der Waals surface area contributed by atoms with Gasteiger partial charge in [-0.1, -0.05) is 23.1 Å². The maximum Gasteiger partial charge on any atom is 0.352 e. The van der Waals surface area contributed by atoms with Crippen molar-refractivity contribution in [1.82, 2.24) is 20.4 Å². The predicted octanol–water partition coefficient (Wildman–Crippen LogP) is 2.37. The molecule has 3 atom stereocenters. The molecule has 1 fully saturated rings. The highest BCUT2D eigenvalue weighted by Crippen LogP contribution is 2.42. The molecule has 2 aliphatic heterocycles. The van der Waals surface area contributed by atoms with E-state index < -0.39 is 28.5 Å². The molecular weight excluding hydrogens is 480 g/mol. The second kappa shape index (κ2) is 9.27. The first-order chi connectivity index (χ1) is 14.9. The van der Waals surface area contributed by atoms with Crippen molar-refractivity contribution in [2.75, 3.05) is 17.8 Å². The van der Waals surface area contributed by atoms with Gasteiger partial charge in [0.1, 0.15) is 33.1 Å². The zero-order chi connectivity index (χ0) is 22.1. The minimum Gasteiger partial charge on any atom is -0.477 e. The molecule has 9 nitrogen and oxygen atoms in total. The van der Waals surface area contributed by atoms with Crippen molar-refractivity contribution >= 4 is 64.4 Å². The molecule has 4 rings (SSSR count). The number of carbonyl (C=O) groups is 3. The molecule has 2 aromatic rings. The van der Waals surface area contributed by atoms with Crippen molar-refractivity contribution in [2.45, 2.75) is 27.9 Å². The van der Waals surface area contributed by atoms with Crippen LogP contribution in [0.3, 0.4) is 0 Å². The number of fused-ring (bicyclic) bond motifs is 1. The molecule has 13 heteroatoms. The van der Waals surface area contributed by atoms with E-state index in [9.17, 15) is 19.5 Å². The SMILES string of the molecule is CSC(C(=O)NC1C(=O)N2C(C(=O)O)=C(CSc3nnc(C)s3)CS[C@H]12)c1ccco1. The Labute approximate surface area is 194 Å². The zero-order valence-corrected chi connectivity index (χ0v) is 19.7. The minimum absolute atomic E-state index is 0.000405. The first-order valence-electron chi connectivity index (χ1n) is 9.10. The van der Waals surface area contributed by atoms with Crippen molar-refractivity contribution in [2.24, 2.45) is 0 Å². The second-order valence-corrected chi connectivity index (χ2v) is 11.1. The highest BCUT2D eigenvalue weighted by atomic mass is 32.2. The highest BCUT2D eigenvalue weighted by Gasteiger charge is 2.54. The average molecular weight is 499 g/mol. The van der Waals surface area contributed by atoms with E-state index in [1.807, 2.05) is 6.92 Å². The Bertz CT molecular complexity index is 1040. The fraction of sp³-hybridized carbons (Fsp3) is 0.389. The lowest BCUT2D eigenvalue weighted by atomic mass is 10.0. The van der Waals surface area contributed by atoms with Gasteiger partial charge in [-0.3, -0.25) is 14.5 Å². The van der Waals surface area contributed by atoms with E-state index in [-0.39, 0.29) is 11.6 Å². The number of aromatic nitrogens is 2. The van der Waals surface area contributed by atoms with Crippen molar-refractivity contribution in [3.8, 4) is 0 Å². The molecule has 0 aromatic carbocycles. The molecule has 2 aromatic heterocycles. The number of hydrogen-bond donors (Lipinski definition) is 2. The number of amides is 2. The molecule has 0 spiro atoms. The third-order valence-corrected chi connectivity index (χ3v) is 9.02. The van der Waals surface area contributed by atoms with Crippen LogP contribution in [0.5, 0.6) is 0 Å². The van der Waals surface area contributed by atoms with Gasteiger partial charge in [-0.05, 0) is 30.9 Å². The molecule has 0 radical (unpaired) electrons. The van der Waals surface area contributed by atoms with Crippen molar-refractivity contribution in [3.63, 3.8) is 0 Å². The Balaban J connectivity index is 1.46. The lowest BCUT2D eigenvalue weighted by molar-refractivity contribution is -0.150. The largest absolute Gasteiger partial charge is 0.477 e. The first-order valence-corrected chi connectivity index (χ1v) is 13.2. The third-order valence-electron chi connectivity index (χ3n) is 4.70. The second-order valence-electron chi connectivity index (χ2n) is 6.66. The predicted molar refractivity (Wildman–Crippen MR) is 120 cm³/mol. The first kappa shape index (κ1) is 22.2. The summed E-state index contributed by atoms with van der Waals surface area (Å²) < 4.78 is 6.08. The van der Waals surface area contributed by atoms with Crippen LogP contribution in [0.25, 0.3) is 0 Å². The van der Waals surface area contributed by atoms with Gasteiger partial charge in [0.2, 0.25) is 5.91 Å². The van der Waals surface area contributed by atoms with Crippen LogP contribution in [0.2, 0.25) is 0 Å². The molecule has 2 aliphatic rings. The number of carboxylic acid groups (broad SMARTS) is 1. The van der Waals surface area contributed by atoms with Crippen LogP contribution in [-0.4, -0.2) is 67.2 Å². The van der Waals surface area contributed by atoms with E-state index in [2.05, 4.69) is 15.5 Å². The number of carbonyl (C=O) groups excluding carboxylic acids is 2. The summed E-state index contributed by atoms with van der Waals surface area (Å²) in [4.78, 5) is 38.8. The molecule has 31 heavy (non-hydrogen) atoms. The van der Waals surface area contributed by atoms with Gasteiger partial charge in [0.25, 0.3) is 5.91 Å². The van der Waals surface area contributed by atoms with Crippen LogP contribution in [0.4, 0.5) is 0 Å². The molecule has 2 N–H and O–H groups in total. The number of aryl methyl sites for hydroxylation is 1. The number of β-lactam (4-membered cyclic amide) rings is 1. The van der Waals surface area contributed by atoms with E-state index in [1.54, 1.807) is 18.4 Å². The van der Waals surface area contributed by atoms with E-state index in [1.165, 1.54) is 57.8 Å². The van der Waals surface area contributed by atoms with Gasteiger partial charge < -0.3 is 14.8 Å². The van der Waals surface area contributed by atoms with Crippen LogP contribution in [0.15, 0.2) is 38.4 Å². The maximum atomic E-state index is 12.8. The summed E-state index contributed by atoms with van der Waals surface area (Å²) in [6.45, 7) is 1.85. The smallest absolute Gasteiger partial charge is 0.352 e. The Kier molecular flexibility index (Phi) is 6.65. The normalized spacial score (nSPS) is 21.5. The van der Waals surface area contributed by atoms with Gasteiger partial charge in [0.15, 0.2) is 4.34 Å². The number of nitrogens with one attached hydrogen (secondary N) is 1. The van der Waals surface area contributed by atoms with Crippen LogP contribution >= 0.6 is 46.6 Å². The minimum atomic E-state index is -1.15. The standard InChI is InChI=1S/C18H18N4O5S4/c1-8-20-21-18(31-8)30-7-9-6-29-16-11(15(24)22(16)12(9)17(25)26)19-14(23)13(28-2)10-4-3-5-27-10/h3-5,11,13,16H,6-7H2,1-2H3,(H,19,23)(H,25,26)/t11?,13?,16-/m1/s1. The van der Waals surface area contributed by atoms with Crippen LogP contribution in [0, 0.1) is 6.92 Å². The molecule has 2 amide bonds. The Hall–Kier alpha value is -1.96. The van der Waals surface area contributed by atoms with Crippen LogP contribution < -0.4 is 5.32 Å². The number of thioether (sulfide) groups is 3. The molecule has 2 unspecified atom stereocenters. The number of furan rings is 1. The summed E-state index contributed by atoms with van der Waals surface area (Å²) in [5, 5.41) is 20.3. The van der Waals surface area contributed by atoms with Gasteiger partial charge >= 0.3 is 5.97 Å². The summed E-state index contributed by atoms with van der Waals surface area (Å²) in [7, 11) is 0. The van der Waals surface area contributed by atoms with Crippen molar-refractivity contribution < 1.29 is 23.9 Å². The number of aliphatic carboxylic acids is 1. The zero-order valence-electron chi connectivity index (χ0n) is 16.4. The molecule has 164 valence electrons. The molecule has 0 bridgehead atoms. The van der Waals surface area contributed by atoms with E-state index in [0.717, 1.165) is 9.35 Å². The van der Waals surface area contributed by atoms with Gasteiger partial charge in [-0.25, -0.2) is 4.79 Å². The van der Waals surface area contributed by atoms with Crippen LogP contribution in [-0.2, 0) is 14.4 Å². The third kappa shape index (κ3) is 4.36. The molecule has 0 saturated carbocycles. The van der Waals surface area contributed by atoms with Crippen molar-refractivity contribution in [1.29, 1.82) is 0 Å². The Morgan fingerprint density at radius 3 is 2.87 bits per heavy atom. The van der Waals surface area contributed by atoms with Gasteiger partial charge in [-0.2, -0.15) is 0 Å². The van der Waals surface area contributed by atoms with E-state index in [0.29, 0.717) is 22.8 Å². The van der Waals surface area contributed by atoms with E-state index in [4.69, 9.17) is 4.42 Å². The van der Waals surface area contributed by atoms with Crippen molar-refractivity contribution in [3.05, 3.63) is 40.4 Å². The van der Waals surface area contributed by atoms with Gasteiger partial charge in [0, 0.05) is 11.5 Å². The Morgan fingerprint density at radius 2 is 2.26 bits per heavy atom. The quantitative estimate of drug-likeness (QED) is 0.414. The van der Waals surface area contributed by atoms with Gasteiger partial charge in [0.05, 0.1) is 6.26 Å². The fourth-order valence-electron chi connectivity index (χ4n) is 3.30. The van der Waals surface area contributed by atoms with Crippen LogP contribution in [0.1, 0.15) is 16.0 Å². The topological polar surface area (TPSA) is 126 Å². The molecular formula is C18H18N4O5S4. The summed E-state index contributed by atoms with van der Waals surface area (Å²) in [5.74, 6) is -0.542. The Morgan fingerprint density at radius 1 is 1.45 bits per heavy atom. The summed E-state index contributed by atoms with van der Waals surface area (Å²) in [5.41, 5.74) is 0.655. The summed E-state index contributed by atoms with van der Waals surface area (Å²) >= 11 is 5.59. The highest BCUT2D eigenvalue weighted by molar-refractivity contribution is 8.02. The lowest BCUT2D eigenvalue weighted by Crippen LogP contribution is -2.70. The monoisotopic (exact) mass is 498 g/mol.